The van der Waals surface area contributed by atoms with E-state index in [1.54, 1.807) is 18.7 Å². The van der Waals surface area contributed by atoms with E-state index in [4.69, 9.17) is 33.9 Å². The molecule has 5 N–H and O–H groups in total. The van der Waals surface area contributed by atoms with Gasteiger partial charge in [0.15, 0.2) is 0 Å². The maximum Gasteiger partial charge on any atom is 0.407 e. The van der Waals surface area contributed by atoms with Gasteiger partial charge in [-0.1, -0.05) is 58.0 Å². The number of alkyl carbamates (subject to hydrolysis) is 2. The van der Waals surface area contributed by atoms with Crippen LogP contribution in [0.1, 0.15) is 78.0 Å². The predicted octanol–water partition coefficient (Wildman–Crippen LogP) is 6.84. The van der Waals surface area contributed by atoms with Crippen molar-refractivity contribution in [3.8, 4) is 33.6 Å². The van der Waals surface area contributed by atoms with E-state index >= 15 is 0 Å². The lowest BCUT2D eigenvalue weighted by atomic mass is 9.90. The minimum atomic E-state index is -0.740. The second-order valence-electron chi connectivity index (χ2n) is 19.2. The number of imidazole rings is 3. The van der Waals surface area contributed by atoms with E-state index in [9.17, 15) is 19.2 Å². The van der Waals surface area contributed by atoms with Crippen molar-refractivity contribution < 1.29 is 38.1 Å². The summed E-state index contributed by atoms with van der Waals surface area (Å²) in [6.45, 7) is 13.0. The molecule has 18 nitrogen and oxygen atoms in total. The standard InChI is InChI=1S/C50H64N10O8/c1-26-27(2)44(26)59(47(61)40(57-49(63)65-6)33-14-18-67-19-15-33)24-39-51-23-38(55-39)36-13-12-35(42-43(36)54-25-53-42)31-8-10-32(11-9-31)37-22-52-46(56-37)30(5)60(45-28(3)29(45)4)48(62)41(58-50(64)66-7)34-16-20-68-21-17-34/h8-13,22-23,25-30,33-34,40-41,44-45H,14-21,24H2,1-7H3,(H,51,55)(H,52,56)(H,53,54)(H,57,63)(H,58,64). The molecule has 2 saturated carbocycles. The monoisotopic (exact) mass is 932 g/mol. The van der Waals surface area contributed by atoms with Gasteiger partial charge in [-0.3, -0.25) is 9.59 Å². The molecule has 5 heterocycles. The number of nitrogens with zero attached hydrogens (tertiary/aromatic N) is 5. The zero-order valence-corrected chi connectivity index (χ0v) is 39.9. The smallest absolute Gasteiger partial charge is 0.407 e. The van der Waals surface area contributed by atoms with Gasteiger partial charge in [0, 0.05) is 49.6 Å². The second-order valence-corrected chi connectivity index (χ2v) is 19.2. The van der Waals surface area contributed by atoms with Crippen LogP contribution in [0.2, 0.25) is 0 Å². The van der Waals surface area contributed by atoms with E-state index in [1.165, 1.54) is 14.2 Å². The lowest BCUT2D eigenvalue weighted by Gasteiger charge is -2.36. The summed E-state index contributed by atoms with van der Waals surface area (Å²) in [6.07, 6.45) is 6.69. The topological polar surface area (TPSA) is 222 Å². The number of methoxy groups -OCH3 is 2. The minimum absolute atomic E-state index is 0.00728. The van der Waals surface area contributed by atoms with Crippen molar-refractivity contribution in [1.82, 2.24) is 50.3 Å². The number of benzene rings is 2. The van der Waals surface area contributed by atoms with E-state index in [1.807, 2.05) is 34.9 Å². The van der Waals surface area contributed by atoms with Crippen LogP contribution in [-0.2, 0) is 35.1 Å². The highest BCUT2D eigenvalue weighted by molar-refractivity contribution is 6.00. The molecule has 3 aromatic heterocycles. The van der Waals surface area contributed by atoms with Crippen molar-refractivity contribution in [2.45, 2.75) is 97.1 Å². The highest BCUT2D eigenvalue weighted by Gasteiger charge is 2.53. The van der Waals surface area contributed by atoms with Gasteiger partial charge in [0.2, 0.25) is 11.8 Å². The van der Waals surface area contributed by atoms with Gasteiger partial charge >= 0.3 is 12.2 Å². The van der Waals surface area contributed by atoms with Crippen molar-refractivity contribution in [3.05, 3.63) is 66.8 Å². The Morgan fingerprint density at radius 3 is 1.81 bits per heavy atom. The molecule has 9 rings (SSSR count). The molecule has 7 unspecified atom stereocenters. The summed E-state index contributed by atoms with van der Waals surface area (Å²) in [4.78, 5) is 82.4. The van der Waals surface area contributed by atoms with E-state index in [0.717, 1.165) is 44.7 Å². The Hall–Kier alpha value is -6.27. The average Bonchev–Trinajstić information content (AvgIpc) is 3.83. The first-order valence-electron chi connectivity index (χ1n) is 24.0. The second kappa shape index (κ2) is 19.8. The first kappa shape index (κ1) is 46.8. The number of amides is 4. The van der Waals surface area contributed by atoms with Gasteiger partial charge in [-0.15, -0.1) is 0 Å². The molecule has 18 heteroatoms. The van der Waals surface area contributed by atoms with Crippen LogP contribution in [0.4, 0.5) is 9.59 Å². The molecule has 2 saturated heterocycles. The Bertz CT molecular complexity index is 2580. The molecule has 4 amide bonds. The molecule has 7 atom stereocenters. The quantitative estimate of drug-likeness (QED) is 0.0731. The molecule has 2 aliphatic carbocycles. The third kappa shape index (κ3) is 9.31. The zero-order valence-electron chi connectivity index (χ0n) is 39.9. The van der Waals surface area contributed by atoms with E-state index in [-0.39, 0.29) is 48.3 Å². The van der Waals surface area contributed by atoms with E-state index < -0.39 is 24.3 Å². The summed E-state index contributed by atoms with van der Waals surface area (Å²) in [5.74, 6) is 2.10. The zero-order chi connectivity index (χ0) is 47.8. The largest absolute Gasteiger partial charge is 0.453 e. The maximum atomic E-state index is 14.5. The van der Waals surface area contributed by atoms with Gasteiger partial charge in [0.25, 0.3) is 0 Å². The number of carbonyl (C=O) groups excluding carboxylic acids is 4. The van der Waals surface area contributed by atoms with Crippen molar-refractivity contribution in [2.75, 3.05) is 40.6 Å². The molecule has 362 valence electrons. The SMILES string of the molecule is COC(=O)NC(C(=O)N(Cc1ncc(-c2ccc(-c3ccc(-c4cnc(C(C)N(C(=O)C(NC(=O)OC)C5CCOCC5)C5C(C)C5C)[nH]4)cc3)c3[nH]cnc23)[nH]1)C1C(C)C1C)C1CCOCC1. The first-order valence-corrected chi connectivity index (χ1v) is 24.0. The van der Waals surface area contributed by atoms with Crippen LogP contribution in [0.25, 0.3) is 44.7 Å². The summed E-state index contributed by atoms with van der Waals surface area (Å²) in [5, 5.41) is 5.71. The third-order valence-corrected chi connectivity index (χ3v) is 15.4. The van der Waals surface area contributed by atoms with Crippen LogP contribution in [0.3, 0.4) is 0 Å². The van der Waals surface area contributed by atoms with Gasteiger partial charge in [-0.05, 0) is 85.3 Å². The number of nitrogens with one attached hydrogen (secondary N) is 5. The fraction of sp³-hybridized carbons (Fsp3) is 0.540. The summed E-state index contributed by atoms with van der Waals surface area (Å²) in [5.41, 5.74) is 6.98. The predicted molar refractivity (Wildman–Crippen MR) is 252 cm³/mol. The van der Waals surface area contributed by atoms with Crippen LogP contribution >= 0.6 is 0 Å². The summed E-state index contributed by atoms with van der Waals surface area (Å²) < 4.78 is 21.1. The van der Waals surface area contributed by atoms with Crippen molar-refractivity contribution >= 4 is 35.0 Å². The van der Waals surface area contributed by atoms with E-state index in [0.29, 0.717) is 87.4 Å². The van der Waals surface area contributed by atoms with Crippen LogP contribution in [-0.4, -0.2) is 129 Å². The van der Waals surface area contributed by atoms with E-state index in [2.05, 4.69) is 71.5 Å². The van der Waals surface area contributed by atoms with Gasteiger partial charge < -0.3 is 54.3 Å². The molecule has 0 radical (unpaired) electrons. The minimum Gasteiger partial charge on any atom is -0.453 e. The van der Waals surface area contributed by atoms with Crippen molar-refractivity contribution in [1.29, 1.82) is 0 Å². The van der Waals surface area contributed by atoms with Gasteiger partial charge in [0.1, 0.15) is 23.7 Å². The van der Waals surface area contributed by atoms with Crippen molar-refractivity contribution in [2.24, 2.45) is 35.5 Å². The Balaban J connectivity index is 0.919. The van der Waals surface area contributed by atoms with Crippen LogP contribution in [0.15, 0.2) is 55.1 Å². The normalized spacial score (nSPS) is 24.1. The molecule has 4 fully saturated rings. The number of rotatable bonds is 15. The number of aromatic nitrogens is 6. The Morgan fingerprint density at radius 1 is 0.691 bits per heavy atom. The van der Waals surface area contributed by atoms with Crippen molar-refractivity contribution in [3.63, 3.8) is 0 Å². The number of aromatic amines is 3. The molecule has 5 aromatic rings. The Kier molecular flexibility index (Phi) is 13.6. The fourth-order valence-corrected chi connectivity index (χ4v) is 10.7. The van der Waals surface area contributed by atoms with Crippen LogP contribution in [0.5, 0.6) is 0 Å². The first-order chi connectivity index (χ1) is 32.9. The molecular formula is C50H64N10O8. The number of carbonyl (C=O) groups is 4. The third-order valence-electron chi connectivity index (χ3n) is 15.4. The molecule has 0 spiro atoms. The molecule has 2 aliphatic heterocycles. The summed E-state index contributed by atoms with van der Waals surface area (Å²) in [7, 11) is 2.62. The number of ether oxygens (including phenoxy) is 4. The molecule has 68 heavy (non-hydrogen) atoms. The summed E-state index contributed by atoms with van der Waals surface area (Å²) in [6, 6.07) is 10.5. The molecule has 2 aromatic carbocycles. The number of hydrogen-bond donors (Lipinski definition) is 5. The van der Waals surface area contributed by atoms with Crippen LogP contribution in [0, 0.1) is 35.5 Å². The highest BCUT2D eigenvalue weighted by Crippen LogP contribution is 2.47. The number of hydrogen-bond acceptors (Lipinski definition) is 11. The fourth-order valence-electron chi connectivity index (χ4n) is 10.7. The molecule has 4 aliphatic rings. The Morgan fingerprint density at radius 2 is 1.24 bits per heavy atom. The number of fused-ring (bicyclic) bond motifs is 1. The lowest BCUT2D eigenvalue weighted by Crippen LogP contribution is -2.54. The van der Waals surface area contributed by atoms with Crippen LogP contribution < -0.4 is 10.6 Å². The lowest BCUT2D eigenvalue weighted by molar-refractivity contribution is -0.139. The summed E-state index contributed by atoms with van der Waals surface area (Å²) >= 11 is 0. The Labute approximate surface area is 396 Å². The van der Waals surface area contributed by atoms with Gasteiger partial charge in [-0.2, -0.15) is 0 Å². The maximum absolute atomic E-state index is 14.5. The number of H-pyrrole nitrogens is 3. The highest BCUT2D eigenvalue weighted by atomic mass is 16.5. The van der Waals surface area contributed by atoms with Gasteiger partial charge in [-0.25, -0.2) is 24.5 Å². The average molecular weight is 933 g/mol. The molecular weight excluding hydrogens is 869 g/mol. The van der Waals surface area contributed by atoms with Gasteiger partial charge in [0.05, 0.1) is 67.9 Å². The molecule has 0 bridgehead atoms.